The van der Waals surface area contributed by atoms with Gasteiger partial charge in [0.1, 0.15) is 0 Å². The summed E-state index contributed by atoms with van der Waals surface area (Å²) < 4.78 is 0. The van der Waals surface area contributed by atoms with Crippen molar-refractivity contribution in [3.05, 3.63) is 29.3 Å². The van der Waals surface area contributed by atoms with Gasteiger partial charge in [0.2, 0.25) is 5.91 Å². The number of carboxylic acids is 1. The summed E-state index contributed by atoms with van der Waals surface area (Å²) in [5.74, 6) is -1.20. The van der Waals surface area contributed by atoms with E-state index < -0.39 is 5.97 Å². The topological polar surface area (TPSA) is 102 Å². The number of carbonyl (C=O) groups excluding carboxylic acids is 1. The zero-order valence-electron chi connectivity index (χ0n) is 10.2. The molecule has 1 atom stereocenters. The number of benzene rings is 1. The molecular formula is C13H14N2O4. The highest BCUT2D eigenvalue weighted by atomic mass is 16.4. The predicted molar refractivity (Wildman–Crippen MR) is 68.9 cm³/mol. The second kappa shape index (κ2) is 5.19. The summed E-state index contributed by atoms with van der Waals surface area (Å²) in [6.07, 6.45) is 1.93. The fourth-order valence-corrected chi connectivity index (χ4v) is 2.27. The first-order valence-electron chi connectivity index (χ1n) is 5.89. The van der Waals surface area contributed by atoms with E-state index in [0.717, 1.165) is 6.21 Å². The molecule has 19 heavy (non-hydrogen) atoms. The zero-order chi connectivity index (χ0) is 14.0. The van der Waals surface area contributed by atoms with Gasteiger partial charge >= 0.3 is 5.97 Å². The van der Waals surface area contributed by atoms with Crippen LogP contribution in [0.25, 0.3) is 0 Å². The maximum Gasteiger partial charge on any atom is 0.335 e. The van der Waals surface area contributed by atoms with Crippen molar-refractivity contribution in [3.8, 4) is 0 Å². The van der Waals surface area contributed by atoms with E-state index in [1.165, 1.54) is 23.1 Å². The minimum Gasteiger partial charge on any atom is -0.478 e. The number of aliphatic hydroxyl groups excluding tert-OH is 1. The Morgan fingerprint density at radius 1 is 1.53 bits per heavy atom. The number of carbonyl (C=O) groups is 2. The van der Waals surface area contributed by atoms with Crippen molar-refractivity contribution in [1.82, 2.24) is 0 Å². The lowest BCUT2D eigenvalue weighted by Gasteiger charge is -2.25. The molecule has 1 aliphatic heterocycles. The number of hydrogen-bond donors (Lipinski definition) is 3. The average molecular weight is 262 g/mol. The van der Waals surface area contributed by atoms with Crippen LogP contribution < -0.4 is 4.90 Å². The largest absolute Gasteiger partial charge is 0.478 e. The maximum absolute atomic E-state index is 11.9. The number of aliphatic hydroxyl groups is 1. The molecule has 2 rings (SSSR count). The van der Waals surface area contributed by atoms with Crippen LogP contribution in [0.15, 0.2) is 18.2 Å². The van der Waals surface area contributed by atoms with Crippen LogP contribution in [-0.4, -0.2) is 41.0 Å². The maximum atomic E-state index is 11.9. The van der Waals surface area contributed by atoms with Gasteiger partial charge in [-0.15, -0.1) is 0 Å². The van der Waals surface area contributed by atoms with Crippen molar-refractivity contribution in [1.29, 1.82) is 5.41 Å². The molecule has 1 heterocycles. The molecule has 0 saturated carbocycles. The molecule has 0 aromatic heterocycles. The molecule has 0 bridgehead atoms. The van der Waals surface area contributed by atoms with E-state index in [1.54, 1.807) is 0 Å². The molecule has 3 N–H and O–H groups in total. The van der Waals surface area contributed by atoms with Crippen LogP contribution in [0, 0.1) is 5.41 Å². The number of aromatic carboxylic acids is 1. The van der Waals surface area contributed by atoms with Gasteiger partial charge < -0.3 is 20.5 Å². The monoisotopic (exact) mass is 262 g/mol. The first-order valence-corrected chi connectivity index (χ1v) is 5.89. The summed E-state index contributed by atoms with van der Waals surface area (Å²) in [6.45, 7) is -0.149. The van der Waals surface area contributed by atoms with Crippen molar-refractivity contribution >= 4 is 23.8 Å². The highest BCUT2D eigenvalue weighted by molar-refractivity contribution is 6.02. The average Bonchev–Trinajstić information content (AvgIpc) is 2.78. The predicted octanol–water partition coefficient (Wildman–Crippen LogP) is 0.870. The standard InChI is InChI=1S/C13H14N2O4/c14-6-9-5-8(13(18)19)1-3-11(9)15-10(7-16)2-4-12(15)17/h1,3,5-6,10,14,16H,2,4,7H2,(H,18,19). The number of rotatable bonds is 4. The third kappa shape index (κ3) is 2.34. The van der Waals surface area contributed by atoms with E-state index >= 15 is 0 Å². The molecular weight excluding hydrogens is 248 g/mol. The lowest BCUT2D eigenvalue weighted by atomic mass is 10.1. The Morgan fingerprint density at radius 3 is 2.84 bits per heavy atom. The highest BCUT2D eigenvalue weighted by Crippen LogP contribution is 2.29. The van der Waals surface area contributed by atoms with Gasteiger partial charge in [-0.05, 0) is 24.6 Å². The Bertz CT molecular complexity index is 541. The zero-order valence-corrected chi connectivity index (χ0v) is 10.2. The van der Waals surface area contributed by atoms with Crippen LogP contribution in [0.3, 0.4) is 0 Å². The number of hydrogen-bond acceptors (Lipinski definition) is 4. The number of anilines is 1. The lowest BCUT2D eigenvalue weighted by molar-refractivity contribution is -0.117. The minimum atomic E-state index is -1.08. The molecule has 6 heteroatoms. The summed E-state index contributed by atoms with van der Waals surface area (Å²) >= 11 is 0. The molecule has 6 nitrogen and oxygen atoms in total. The lowest BCUT2D eigenvalue weighted by Crippen LogP contribution is -2.36. The van der Waals surface area contributed by atoms with Gasteiger partial charge in [0.05, 0.1) is 23.9 Å². The van der Waals surface area contributed by atoms with Gasteiger partial charge in [-0.2, -0.15) is 0 Å². The normalized spacial score (nSPS) is 18.7. The third-order valence-corrected chi connectivity index (χ3v) is 3.23. The summed E-state index contributed by atoms with van der Waals surface area (Å²) in [6, 6.07) is 3.95. The van der Waals surface area contributed by atoms with E-state index in [0.29, 0.717) is 24.1 Å². The number of amides is 1. The van der Waals surface area contributed by atoms with E-state index in [1.807, 2.05) is 0 Å². The van der Waals surface area contributed by atoms with E-state index in [9.17, 15) is 14.7 Å². The summed E-state index contributed by atoms with van der Waals surface area (Å²) in [5.41, 5.74) is 0.893. The van der Waals surface area contributed by atoms with Gasteiger partial charge in [0.15, 0.2) is 0 Å². The van der Waals surface area contributed by atoms with Crippen molar-refractivity contribution in [2.45, 2.75) is 18.9 Å². The van der Waals surface area contributed by atoms with Gasteiger partial charge in [0.25, 0.3) is 0 Å². The molecule has 1 amide bonds. The fraction of sp³-hybridized carbons (Fsp3) is 0.308. The molecule has 1 saturated heterocycles. The minimum absolute atomic E-state index is 0.0643. The second-order valence-electron chi connectivity index (χ2n) is 4.36. The molecule has 0 spiro atoms. The Hall–Kier alpha value is -2.21. The molecule has 1 aromatic rings. The Kier molecular flexibility index (Phi) is 3.62. The quantitative estimate of drug-likeness (QED) is 0.700. The van der Waals surface area contributed by atoms with Crippen LogP contribution in [0.1, 0.15) is 28.8 Å². The van der Waals surface area contributed by atoms with E-state index in [2.05, 4.69) is 0 Å². The molecule has 0 aliphatic carbocycles. The molecule has 1 aromatic carbocycles. The number of nitrogens with one attached hydrogen (secondary N) is 1. The Morgan fingerprint density at radius 2 is 2.26 bits per heavy atom. The van der Waals surface area contributed by atoms with Crippen molar-refractivity contribution in [2.24, 2.45) is 0 Å². The molecule has 1 fully saturated rings. The first kappa shape index (κ1) is 13.2. The van der Waals surface area contributed by atoms with Gasteiger partial charge in [0, 0.05) is 18.2 Å². The van der Waals surface area contributed by atoms with Crippen LogP contribution in [-0.2, 0) is 4.79 Å². The second-order valence-corrected chi connectivity index (χ2v) is 4.36. The van der Waals surface area contributed by atoms with Crippen LogP contribution in [0.4, 0.5) is 5.69 Å². The summed E-state index contributed by atoms with van der Waals surface area (Å²) in [4.78, 5) is 24.2. The van der Waals surface area contributed by atoms with E-state index in [4.69, 9.17) is 10.5 Å². The molecule has 100 valence electrons. The molecule has 1 aliphatic rings. The van der Waals surface area contributed by atoms with Crippen molar-refractivity contribution < 1.29 is 19.8 Å². The van der Waals surface area contributed by atoms with Crippen molar-refractivity contribution in [3.63, 3.8) is 0 Å². The third-order valence-electron chi connectivity index (χ3n) is 3.23. The van der Waals surface area contributed by atoms with Gasteiger partial charge in [-0.25, -0.2) is 4.79 Å². The first-order chi connectivity index (χ1) is 9.08. The Balaban J connectivity index is 2.46. The molecule has 0 radical (unpaired) electrons. The van der Waals surface area contributed by atoms with Gasteiger partial charge in [-0.3, -0.25) is 4.79 Å². The number of carboxylic acid groups (broad SMARTS) is 1. The highest BCUT2D eigenvalue weighted by Gasteiger charge is 2.32. The number of nitrogens with zero attached hydrogens (tertiary/aromatic N) is 1. The van der Waals surface area contributed by atoms with Crippen LogP contribution in [0.5, 0.6) is 0 Å². The summed E-state index contributed by atoms with van der Waals surface area (Å²) in [5, 5.41) is 25.5. The van der Waals surface area contributed by atoms with Crippen LogP contribution in [0.2, 0.25) is 0 Å². The van der Waals surface area contributed by atoms with Gasteiger partial charge in [-0.1, -0.05) is 0 Å². The Labute approximate surface area is 109 Å². The van der Waals surface area contributed by atoms with E-state index in [-0.39, 0.29) is 24.1 Å². The SMILES string of the molecule is N=Cc1cc(C(=O)O)ccc1N1C(=O)CCC1CO. The van der Waals surface area contributed by atoms with Crippen molar-refractivity contribution in [2.75, 3.05) is 11.5 Å². The summed E-state index contributed by atoms with van der Waals surface area (Å²) in [7, 11) is 0. The fourth-order valence-electron chi connectivity index (χ4n) is 2.27. The molecule has 1 unspecified atom stereocenters. The van der Waals surface area contributed by atoms with Crippen LogP contribution >= 0.6 is 0 Å². The smallest absolute Gasteiger partial charge is 0.335 e.